The van der Waals surface area contributed by atoms with Gasteiger partial charge in [-0.15, -0.1) is 6.58 Å². The first-order valence-corrected chi connectivity index (χ1v) is 6.51. The minimum atomic E-state index is -3.71. The number of hydrogen-bond acceptors (Lipinski definition) is 3. The summed E-state index contributed by atoms with van der Waals surface area (Å²) >= 11 is 2.97. The van der Waals surface area contributed by atoms with Crippen molar-refractivity contribution in [2.45, 2.75) is 4.90 Å². The molecule has 88 valence electrons. The van der Waals surface area contributed by atoms with E-state index in [0.717, 1.165) is 12.1 Å². The SMILES string of the molecule is C=CCNS(=O)(=O)c1cc(N)c(F)cc1Br. The third kappa shape index (κ3) is 2.81. The summed E-state index contributed by atoms with van der Waals surface area (Å²) in [7, 11) is -3.71. The number of halogens is 2. The van der Waals surface area contributed by atoms with Crippen LogP contribution < -0.4 is 10.5 Å². The van der Waals surface area contributed by atoms with Crippen molar-refractivity contribution >= 4 is 31.6 Å². The van der Waals surface area contributed by atoms with Crippen LogP contribution in [0.5, 0.6) is 0 Å². The molecule has 4 nitrogen and oxygen atoms in total. The highest BCUT2D eigenvalue weighted by atomic mass is 79.9. The molecule has 0 saturated carbocycles. The maximum atomic E-state index is 13.0. The summed E-state index contributed by atoms with van der Waals surface area (Å²) in [4.78, 5) is -0.103. The van der Waals surface area contributed by atoms with E-state index in [1.165, 1.54) is 6.08 Å². The lowest BCUT2D eigenvalue weighted by Crippen LogP contribution is -2.24. The molecule has 0 radical (unpaired) electrons. The predicted molar refractivity (Wildman–Crippen MR) is 63.9 cm³/mol. The summed E-state index contributed by atoms with van der Waals surface area (Å²) in [6, 6.07) is 2.07. The molecule has 3 N–H and O–H groups in total. The van der Waals surface area contributed by atoms with Gasteiger partial charge in [-0.1, -0.05) is 6.08 Å². The fourth-order valence-corrected chi connectivity index (χ4v) is 3.04. The molecule has 0 amide bonds. The molecule has 1 rings (SSSR count). The van der Waals surface area contributed by atoms with Gasteiger partial charge in [-0.05, 0) is 28.1 Å². The summed E-state index contributed by atoms with van der Waals surface area (Å²) in [5.41, 5.74) is 5.09. The Morgan fingerprint density at radius 3 is 2.75 bits per heavy atom. The number of nitrogens with two attached hydrogens (primary N) is 1. The van der Waals surface area contributed by atoms with Gasteiger partial charge in [0.15, 0.2) is 0 Å². The van der Waals surface area contributed by atoms with E-state index < -0.39 is 15.8 Å². The number of anilines is 1. The number of benzene rings is 1. The first-order chi connectivity index (χ1) is 7.38. The summed E-state index contributed by atoms with van der Waals surface area (Å²) in [5, 5.41) is 0. The number of sulfonamides is 1. The van der Waals surface area contributed by atoms with E-state index in [2.05, 4.69) is 27.2 Å². The number of nitrogen functional groups attached to an aromatic ring is 1. The van der Waals surface area contributed by atoms with Crippen LogP contribution >= 0.6 is 15.9 Å². The summed E-state index contributed by atoms with van der Waals surface area (Å²) in [6.07, 6.45) is 1.40. The topological polar surface area (TPSA) is 72.2 Å². The van der Waals surface area contributed by atoms with Gasteiger partial charge >= 0.3 is 0 Å². The molecule has 0 aliphatic heterocycles. The first-order valence-electron chi connectivity index (χ1n) is 4.23. The van der Waals surface area contributed by atoms with Crippen molar-refractivity contribution in [2.24, 2.45) is 0 Å². The zero-order valence-electron chi connectivity index (χ0n) is 8.20. The molecule has 0 atom stereocenters. The zero-order chi connectivity index (χ0) is 12.3. The van der Waals surface area contributed by atoms with Crippen molar-refractivity contribution in [1.82, 2.24) is 4.72 Å². The van der Waals surface area contributed by atoms with Crippen LogP contribution in [0.3, 0.4) is 0 Å². The van der Waals surface area contributed by atoms with E-state index in [0.29, 0.717) is 0 Å². The predicted octanol–water partition coefficient (Wildman–Crippen LogP) is 1.63. The molecule has 0 aromatic heterocycles. The van der Waals surface area contributed by atoms with Gasteiger partial charge < -0.3 is 5.73 Å². The van der Waals surface area contributed by atoms with Crippen LogP contribution in [0.25, 0.3) is 0 Å². The molecule has 0 unspecified atom stereocenters. The number of hydrogen-bond donors (Lipinski definition) is 2. The van der Waals surface area contributed by atoms with Gasteiger partial charge in [0.1, 0.15) is 5.82 Å². The van der Waals surface area contributed by atoms with Gasteiger partial charge in [0.25, 0.3) is 0 Å². The molecule has 16 heavy (non-hydrogen) atoms. The first kappa shape index (κ1) is 13.1. The van der Waals surface area contributed by atoms with Crippen LogP contribution in [0.1, 0.15) is 0 Å². The normalized spacial score (nSPS) is 11.4. The lowest BCUT2D eigenvalue weighted by Gasteiger charge is -2.08. The van der Waals surface area contributed by atoms with Crippen molar-refractivity contribution < 1.29 is 12.8 Å². The summed E-state index contributed by atoms with van der Waals surface area (Å²) in [5.74, 6) is -0.672. The van der Waals surface area contributed by atoms with Crippen molar-refractivity contribution in [3.63, 3.8) is 0 Å². The molecule has 0 saturated heterocycles. The molecule has 0 aliphatic rings. The molecule has 0 fully saturated rings. The Hall–Kier alpha value is -0.920. The van der Waals surface area contributed by atoms with Crippen LogP contribution in [0.2, 0.25) is 0 Å². The second kappa shape index (κ2) is 4.94. The number of nitrogens with one attached hydrogen (secondary N) is 1. The lowest BCUT2D eigenvalue weighted by atomic mass is 10.3. The molecule has 1 aromatic carbocycles. The molecule has 0 heterocycles. The minimum Gasteiger partial charge on any atom is -0.396 e. The Balaban J connectivity index is 3.23. The molecule has 0 spiro atoms. The fourth-order valence-electron chi connectivity index (χ4n) is 0.997. The fraction of sp³-hybridized carbons (Fsp3) is 0.111. The molecular formula is C9H10BrFN2O2S. The van der Waals surface area contributed by atoms with Crippen molar-refractivity contribution in [2.75, 3.05) is 12.3 Å². The van der Waals surface area contributed by atoms with Crippen molar-refractivity contribution in [3.05, 3.63) is 35.1 Å². The third-order valence-corrected chi connectivity index (χ3v) is 4.14. The molecule has 0 bridgehead atoms. The average Bonchev–Trinajstić information content (AvgIpc) is 2.20. The average molecular weight is 309 g/mol. The Bertz CT molecular complexity index is 516. The van der Waals surface area contributed by atoms with E-state index in [-0.39, 0.29) is 21.6 Å². The second-order valence-electron chi connectivity index (χ2n) is 2.94. The quantitative estimate of drug-likeness (QED) is 0.656. The largest absolute Gasteiger partial charge is 0.396 e. The number of rotatable bonds is 4. The van der Waals surface area contributed by atoms with E-state index in [4.69, 9.17) is 5.73 Å². The smallest absolute Gasteiger partial charge is 0.242 e. The Morgan fingerprint density at radius 1 is 1.56 bits per heavy atom. The summed E-state index contributed by atoms with van der Waals surface area (Å²) < 4.78 is 38.8. The maximum absolute atomic E-state index is 13.0. The van der Waals surface area contributed by atoms with Crippen molar-refractivity contribution in [1.29, 1.82) is 0 Å². The highest BCUT2D eigenvalue weighted by Crippen LogP contribution is 2.26. The monoisotopic (exact) mass is 308 g/mol. The van der Waals surface area contributed by atoms with E-state index in [9.17, 15) is 12.8 Å². The van der Waals surface area contributed by atoms with Gasteiger partial charge in [-0.3, -0.25) is 0 Å². The Morgan fingerprint density at radius 2 is 2.19 bits per heavy atom. The van der Waals surface area contributed by atoms with Crippen LogP contribution in [0.4, 0.5) is 10.1 Å². The molecule has 7 heteroatoms. The standard InChI is InChI=1S/C9H10BrFN2O2S/c1-2-3-13-16(14,15)9-5-8(12)7(11)4-6(9)10/h2,4-5,13H,1,3,12H2. The molecular weight excluding hydrogens is 299 g/mol. The van der Waals surface area contributed by atoms with Gasteiger partial charge in [0, 0.05) is 11.0 Å². The Kier molecular flexibility index (Phi) is 4.06. The van der Waals surface area contributed by atoms with Crippen LogP contribution in [-0.4, -0.2) is 15.0 Å². The van der Waals surface area contributed by atoms with E-state index >= 15 is 0 Å². The molecule has 1 aromatic rings. The lowest BCUT2D eigenvalue weighted by molar-refractivity contribution is 0.584. The van der Waals surface area contributed by atoms with Crippen LogP contribution in [0, 0.1) is 5.82 Å². The van der Waals surface area contributed by atoms with Gasteiger partial charge in [0.05, 0.1) is 10.6 Å². The van der Waals surface area contributed by atoms with Crippen molar-refractivity contribution in [3.8, 4) is 0 Å². The molecule has 0 aliphatic carbocycles. The van der Waals surface area contributed by atoms with Crippen LogP contribution in [0.15, 0.2) is 34.2 Å². The van der Waals surface area contributed by atoms with Gasteiger partial charge in [-0.25, -0.2) is 17.5 Å². The second-order valence-corrected chi connectivity index (χ2v) is 5.53. The minimum absolute atomic E-state index is 0.0893. The van der Waals surface area contributed by atoms with Crippen LogP contribution in [-0.2, 0) is 10.0 Å². The van der Waals surface area contributed by atoms with Gasteiger partial charge in [-0.2, -0.15) is 0 Å². The summed E-state index contributed by atoms with van der Waals surface area (Å²) in [6.45, 7) is 3.48. The highest BCUT2D eigenvalue weighted by molar-refractivity contribution is 9.10. The van der Waals surface area contributed by atoms with E-state index in [1.807, 2.05) is 0 Å². The maximum Gasteiger partial charge on any atom is 0.242 e. The highest BCUT2D eigenvalue weighted by Gasteiger charge is 2.18. The Labute approximate surface area is 102 Å². The van der Waals surface area contributed by atoms with Gasteiger partial charge in [0.2, 0.25) is 10.0 Å². The zero-order valence-corrected chi connectivity index (χ0v) is 10.6. The third-order valence-electron chi connectivity index (χ3n) is 1.76. The van der Waals surface area contributed by atoms with E-state index in [1.54, 1.807) is 0 Å².